The first-order chi connectivity index (χ1) is 14.4. The third-order valence-electron chi connectivity index (χ3n) is 5.34. The molecule has 2 aromatic rings. The van der Waals surface area contributed by atoms with Gasteiger partial charge in [-0.1, -0.05) is 30.3 Å². The van der Waals surface area contributed by atoms with E-state index in [1.807, 2.05) is 17.8 Å². The zero-order chi connectivity index (χ0) is 21.6. The van der Waals surface area contributed by atoms with E-state index < -0.39 is 0 Å². The molecule has 2 heterocycles. The lowest BCUT2D eigenvalue weighted by Gasteiger charge is -2.32. The summed E-state index contributed by atoms with van der Waals surface area (Å²) in [5, 5.41) is 15.3. The van der Waals surface area contributed by atoms with Crippen molar-refractivity contribution in [2.75, 3.05) is 20.7 Å². The van der Waals surface area contributed by atoms with Crippen LogP contribution in [0, 0.1) is 0 Å². The first-order valence-electron chi connectivity index (χ1n) is 10.6. The number of nitrogens with one attached hydrogen (secondary N) is 3. The van der Waals surface area contributed by atoms with Crippen LogP contribution < -0.4 is 16.0 Å². The van der Waals surface area contributed by atoms with E-state index in [1.54, 1.807) is 7.11 Å². The third-order valence-corrected chi connectivity index (χ3v) is 5.34. The Bertz CT molecular complexity index is 838. The van der Waals surface area contributed by atoms with Crippen molar-refractivity contribution in [2.24, 2.45) is 4.99 Å². The number of nitrogens with zero attached hydrogens (tertiary/aromatic N) is 4. The second-order valence-electron chi connectivity index (χ2n) is 8.53. The predicted molar refractivity (Wildman–Crippen MR) is 135 cm³/mol. The highest BCUT2D eigenvalue weighted by Gasteiger charge is 2.24. The highest BCUT2D eigenvalue weighted by molar-refractivity contribution is 14.0. The number of rotatable bonds is 8. The summed E-state index contributed by atoms with van der Waals surface area (Å²) in [5.41, 5.74) is 1.18. The van der Waals surface area contributed by atoms with Gasteiger partial charge in [0.2, 0.25) is 0 Å². The molecule has 0 aliphatic carbocycles. The van der Waals surface area contributed by atoms with Gasteiger partial charge in [0.05, 0.1) is 6.54 Å². The summed E-state index contributed by atoms with van der Waals surface area (Å²) in [6.07, 6.45) is 1.89. The van der Waals surface area contributed by atoms with E-state index >= 15 is 0 Å². The number of fused-ring (bicyclic) bond motifs is 1. The summed E-state index contributed by atoms with van der Waals surface area (Å²) in [6, 6.07) is 11.0. The second kappa shape index (κ2) is 11.8. The third kappa shape index (κ3) is 7.43. The first kappa shape index (κ1) is 25.5. The number of guanidine groups is 1. The fourth-order valence-electron chi connectivity index (χ4n) is 3.82. The van der Waals surface area contributed by atoms with Crippen LogP contribution in [-0.2, 0) is 24.3 Å². The Morgan fingerprint density at radius 3 is 2.74 bits per heavy atom. The van der Waals surface area contributed by atoms with Gasteiger partial charge in [-0.05, 0) is 32.8 Å². The summed E-state index contributed by atoms with van der Waals surface area (Å²) in [6.45, 7) is 8.58. The Morgan fingerprint density at radius 1 is 1.32 bits per heavy atom. The number of aryl methyl sites for hydroxylation is 1. The highest BCUT2D eigenvalue weighted by Crippen LogP contribution is 2.16. The van der Waals surface area contributed by atoms with Gasteiger partial charge in [0.25, 0.3) is 0 Å². The Kier molecular flexibility index (Phi) is 9.70. The molecule has 2 atom stereocenters. The summed E-state index contributed by atoms with van der Waals surface area (Å²) in [5.74, 6) is 2.59. The number of methoxy groups -OCH3 is 1. The number of benzene rings is 1. The Morgan fingerprint density at radius 2 is 2.06 bits per heavy atom. The molecule has 2 unspecified atom stereocenters. The molecule has 1 aromatic carbocycles. The maximum atomic E-state index is 5.14. The number of ether oxygens (including phenoxy) is 1. The highest BCUT2D eigenvalue weighted by atomic mass is 127. The fourth-order valence-corrected chi connectivity index (χ4v) is 3.82. The minimum Gasteiger partial charge on any atom is -0.377 e. The Balaban J connectivity index is 0.00000341. The molecule has 1 aromatic heterocycles. The van der Waals surface area contributed by atoms with Crippen LogP contribution in [0.3, 0.4) is 0 Å². The maximum absolute atomic E-state index is 5.14. The number of aromatic nitrogens is 3. The SMILES string of the molecule is CN=C(NCC(C)(C)NC(C)c1ccccc1)NC1CCc2nc(COC)nn2C1.I. The molecule has 3 rings (SSSR count). The molecule has 8 nitrogen and oxygen atoms in total. The topological polar surface area (TPSA) is 88.4 Å². The number of hydrogen-bond acceptors (Lipinski definition) is 5. The van der Waals surface area contributed by atoms with E-state index in [-0.39, 0.29) is 41.6 Å². The van der Waals surface area contributed by atoms with Gasteiger partial charge in [-0.3, -0.25) is 4.99 Å². The molecule has 1 aliphatic rings. The van der Waals surface area contributed by atoms with Gasteiger partial charge < -0.3 is 20.7 Å². The van der Waals surface area contributed by atoms with Crippen LogP contribution in [0.25, 0.3) is 0 Å². The zero-order valence-corrected chi connectivity index (χ0v) is 21.5. The number of halogens is 1. The van der Waals surface area contributed by atoms with Gasteiger partial charge in [0.15, 0.2) is 11.8 Å². The average molecular weight is 541 g/mol. The van der Waals surface area contributed by atoms with Crippen molar-refractivity contribution < 1.29 is 4.74 Å². The Labute approximate surface area is 202 Å². The molecule has 0 bridgehead atoms. The summed E-state index contributed by atoms with van der Waals surface area (Å²) < 4.78 is 7.13. The van der Waals surface area contributed by atoms with Crippen molar-refractivity contribution in [3.05, 3.63) is 47.5 Å². The van der Waals surface area contributed by atoms with Crippen LogP contribution >= 0.6 is 24.0 Å². The summed E-state index contributed by atoms with van der Waals surface area (Å²) in [4.78, 5) is 8.95. The summed E-state index contributed by atoms with van der Waals surface area (Å²) in [7, 11) is 3.47. The standard InChI is InChI=1S/C22H35N7O.HI/c1-16(17-9-7-6-8-10-17)27-22(2,3)15-24-21(23-4)25-18-11-12-20-26-19(14-30-5)28-29(20)13-18;/h6-10,16,18,27H,11-15H2,1-5H3,(H2,23,24,25);1H. The van der Waals surface area contributed by atoms with Crippen molar-refractivity contribution in [1.82, 2.24) is 30.7 Å². The van der Waals surface area contributed by atoms with Crippen LogP contribution in [0.1, 0.15) is 50.4 Å². The Hall–Kier alpha value is -1.72. The smallest absolute Gasteiger partial charge is 0.191 e. The van der Waals surface area contributed by atoms with Crippen molar-refractivity contribution in [3.63, 3.8) is 0 Å². The van der Waals surface area contributed by atoms with Gasteiger partial charge in [-0.15, -0.1) is 24.0 Å². The van der Waals surface area contributed by atoms with Crippen LogP contribution in [-0.4, -0.2) is 53.0 Å². The second-order valence-corrected chi connectivity index (χ2v) is 8.53. The van der Waals surface area contributed by atoms with Crippen molar-refractivity contribution in [1.29, 1.82) is 0 Å². The first-order valence-corrected chi connectivity index (χ1v) is 10.6. The molecular formula is C22H36IN7O. The molecule has 0 fully saturated rings. The molecule has 9 heteroatoms. The molecular weight excluding hydrogens is 505 g/mol. The molecule has 172 valence electrons. The minimum absolute atomic E-state index is 0. The van der Waals surface area contributed by atoms with Crippen molar-refractivity contribution in [3.8, 4) is 0 Å². The number of aliphatic imine (C=N–C) groups is 1. The lowest BCUT2D eigenvalue weighted by atomic mass is 10.0. The van der Waals surface area contributed by atoms with Gasteiger partial charge in [-0.25, -0.2) is 9.67 Å². The van der Waals surface area contributed by atoms with Gasteiger partial charge >= 0.3 is 0 Å². The predicted octanol–water partition coefficient (Wildman–Crippen LogP) is 2.65. The van der Waals surface area contributed by atoms with Gasteiger partial charge in [-0.2, -0.15) is 5.10 Å². The molecule has 31 heavy (non-hydrogen) atoms. The minimum atomic E-state index is -0.104. The lowest BCUT2D eigenvalue weighted by molar-refractivity contribution is 0.177. The van der Waals surface area contributed by atoms with Gasteiger partial charge in [0, 0.05) is 44.7 Å². The molecule has 0 saturated heterocycles. The van der Waals surface area contributed by atoms with E-state index in [2.05, 4.69) is 76.1 Å². The quantitative estimate of drug-likeness (QED) is 0.271. The van der Waals surface area contributed by atoms with E-state index in [0.717, 1.165) is 43.5 Å². The molecule has 0 amide bonds. The molecule has 0 radical (unpaired) electrons. The van der Waals surface area contributed by atoms with E-state index in [0.29, 0.717) is 6.61 Å². The maximum Gasteiger partial charge on any atom is 0.191 e. The fraction of sp³-hybridized carbons (Fsp3) is 0.591. The monoisotopic (exact) mass is 541 g/mol. The van der Waals surface area contributed by atoms with Gasteiger partial charge in [0.1, 0.15) is 12.4 Å². The van der Waals surface area contributed by atoms with E-state index in [4.69, 9.17) is 4.74 Å². The summed E-state index contributed by atoms with van der Waals surface area (Å²) >= 11 is 0. The lowest BCUT2D eigenvalue weighted by Crippen LogP contribution is -2.54. The van der Waals surface area contributed by atoms with Crippen molar-refractivity contribution in [2.45, 2.75) is 64.4 Å². The zero-order valence-electron chi connectivity index (χ0n) is 19.2. The normalized spacial score (nSPS) is 17.5. The number of hydrogen-bond donors (Lipinski definition) is 3. The van der Waals surface area contributed by atoms with Crippen LogP contribution in [0.5, 0.6) is 0 Å². The van der Waals surface area contributed by atoms with E-state index in [1.165, 1.54) is 5.56 Å². The molecule has 0 spiro atoms. The van der Waals surface area contributed by atoms with Crippen LogP contribution in [0.4, 0.5) is 0 Å². The van der Waals surface area contributed by atoms with Crippen LogP contribution in [0.15, 0.2) is 35.3 Å². The average Bonchev–Trinajstić information content (AvgIpc) is 3.13. The molecule has 0 saturated carbocycles. The molecule has 3 N–H and O–H groups in total. The molecule has 1 aliphatic heterocycles. The largest absolute Gasteiger partial charge is 0.377 e. The van der Waals surface area contributed by atoms with E-state index in [9.17, 15) is 0 Å². The van der Waals surface area contributed by atoms with Crippen LogP contribution in [0.2, 0.25) is 0 Å². The van der Waals surface area contributed by atoms with Crippen molar-refractivity contribution >= 4 is 29.9 Å².